The highest BCUT2D eigenvalue weighted by Gasteiger charge is 2.13. The summed E-state index contributed by atoms with van der Waals surface area (Å²) < 4.78 is 44.8. The van der Waals surface area contributed by atoms with Crippen LogP contribution < -0.4 is 15.8 Å². The molecule has 0 aliphatic rings. The summed E-state index contributed by atoms with van der Waals surface area (Å²) in [5.41, 5.74) is 5.76. The van der Waals surface area contributed by atoms with Gasteiger partial charge in [0.15, 0.2) is 11.6 Å². The van der Waals surface area contributed by atoms with Crippen molar-refractivity contribution in [3.63, 3.8) is 0 Å². The number of nitrogen functional groups attached to an aromatic ring is 1. The summed E-state index contributed by atoms with van der Waals surface area (Å²) >= 11 is 0. The Balaban J connectivity index is 2.42. The van der Waals surface area contributed by atoms with Gasteiger partial charge in [-0.1, -0.05) is 6.07 Å². The lowest BCUT2D eigenvalue weighted by atomic mass is 10.2. The van der Waals surface area contributed by atoms with Crippen molar-refractivity contribution in [2.45, 2.75) is 0 Å². The second-order valence-electron chi connectivity index (χ2n) is 3.79. The summed E-state index contributed by atoms with van der Waals surface area (Å²) in [4.78, 5) is 0. The fraction of sp³-hybridized carbons (Fsp3) is 0.0769. The van der Waals surface area contributed by atoms with E-state index in [1.807, 2.05) is 0 Å². The zero-order valence-corrected chi connectivity index (χ0v) is 10.0. The smallest absolute Gasteiger partial charge is 0.152 e. The summed E-state index contributed by atoms with van der Waals surface area (Å²) in [6, 6.07) is 5.92. The molecule has 0 atom stereocenters. The lowest BCUT2D eigenvalue weighted by Gasteiger charge is -2.13. The van der Waals surface area contributed by atoms with Gasteiger partial charge >= 0.3 is 0 Å². The summed E-state index contributed by atoms with van der Waals surface area (Å²) in [5, 5.41) is 2.49. The van der Waals surface area contributed by atoms with Crippen molar-refractivity contribution >= 4 is 17.1 Å². The highest BCUT2D eigenvalue weighted by Crippen LogP contribution is 2.33. The molecule has 0 radical (unpaired) electrons. The van der Waals surface area contributed by atoms with Crippen molar-refractivity contribution < 1.29 is 17.9 Å². The third kappa shape index (κ3) is 2.57. The zero-order chi connectivity index (χ0) is 14.0. The van der Waals surface area contributed by atoms with E-state index >= 15 is 0 Å². The maximum Gasteiger partial charge on any atom is 0.152 e. The van der Waals surface area contributed by atoms with Crippen LogP contribution in [0.3, 0.4) is 0 Å². The van der Waals surface area contributed by atoms with Crippen molar-refractivity contribution in [1.82, 2.24) is 0 Å². The molecule has 2 rings (SSSR count). The number of rotatable bonds is 3. The van der Waals surface area contributed by atoms with Crippen molar-refractivity contribution in [2.24, 2.45) is 0 Å². The fourth-order valence-corrected chi connectivity index (χ4v) is 1.63. The third-order valence-electron chi connectivity index (χ3n) is 2.55. The number of hydrogen-bond donors (Lipinski definition) is 2. The first-order valence-corrected chi connectivity index (χ1v) is 5.37. The Hall–Kier alpha value is -2.37. The maximum absolute atomic E-state index is 13.5. The largest absolute Gasteiger partial charge is 0.495 e. The van der Waals surface area contributed by atoms with Gasteiger partial charge in [0, 0.05) is 12.1 Å². The molecule has 0 saturated heterocycles. The van der Waals surface area contributed by atoms with Crippen LogP contribution in [0.1, 0.15) is 0 Å². The van der Waals surface area contributed by atoms with E-state index in [2.05, 4.69) is 5.32 Å². The first-order chi connectivity index (χ1) is 9.02. The molecule has 0 spiro atoms. The molecule has 100 valence electrons. The predicted octanol–water partition coefficient (Wildman–Crippen LogP) is 3.44. The molecule has 6 heteroatoms. The average Bonchev–Trinajstić information content (AvgIpc) is 2.35. The van der Waals surface area contributed by atoms with E-state index in [9.17, 15) is 13.2 Å². The van der Waals surface area contributed by atoms with Gasteiger partial charge in [0.1, 0.15) is 17.3 Å². The van der Waals surface area contributed by atoms with Gasteiger partial charge in [-0.25, -0.2) is 13.2 Å². The molecular weight excluding hydrogens is 257 g/mol. The molecule has 3 nitrogen and oxygen atoms in total. The van der Waals surface area contributed by atoms with Gasteiger partial charge in [-0.15, -0.1) is 0 Å². The first-order valence-electron chi connectivity index (χ1n) is 5.37. The summed E-state index contributed by atoms with van der Waals surface area (Å²) in [6.07, 6.45) is 0. The number of hydrogen-bond acceptors (Lipinski definition) is 3. The molecule has 19 heavy (non-hydrogen) atoms. The summed E-state index contributed by atoms with van der Waals surface area (Å²) in [7, 11) is 1.43. The van der Waals surface area contributed by atoms with Gasteiger partial charge in [-0.2, -0.15) is 0 Å². The second-order valence-corrected chi connectivity index (χ2v) is 3.79. The number of para-hydroxylation sites is 1. The van der Waals surface area contributed by atoms with Crippen LogP contribution in [0.2, 0.25) is 0 Å². The Morgan fingerprint density at radius 2 is 1.74 bits per heavy atom. The van der Waals surface area contributed by atoms with Crippen LogP contribution in [0.4, 0.5) is 30.2 Å². The Labute approximate surface area is 107 Å². The lowest BCUT2D eigenvalue weighted by molar-refractivity contribution is 0.417. The molecule has 0 fully saturated rings. The molecule has 0 amide bonds. The van der Waals surface area contributed by atoms with Crippen molar-refractivity contribution in [1.29, 1.82) is 0 Å². The monoisotopic (exact) mass is 268 g/mol. The molecule has 0 bridgehead atoms. The van der Waals surface area contributed by atoms with Crippen LogP contribution in [0.15, 0.2) is 30.3 Å². The van der Waals surface area contributed by atoms with E-state index in [-0.39, 0.29) is 11.4 Å². The highest BCUT2D eigenvalue weighted by molar-refractivity contribution is 5.77. The Kier molecular flexibility index (Phi) is 3.50. The molecule has 0 unspecified atom stereocenters. The number of anilines is 3. The molecule has 2 aromatic carbocycles. The number of halogens is 3. The van der Waals surface area contributed by atoms with Gasteiger partial charge in [0.25, 0.3) is 0 Å². The lowest BCUT2D eigenvalue weighted by Crippen LogP contribution is -2.02. The molecule has 3 N–H and O–H groups in total. The molecular formula is C13H11F3N2O. The van der Waals surface area contributed by atoms with Gasteiger partial charge in [-0.05, 0) is 12.1 Å². The van der Waals surface area contributed by atoms with E-state index in [0.29, 0.717) is 17.9 Å². The molecule has 0 saturated carbocycles. The summed E-state index contributed by atoms with van der Waals surface area (Å²) in [5.74, 6) is -2.70. The molecule has 0 aliphatic heterocycles. The number of nitrogens with two attached hydrogens (primary N) is 1. The van der Waals surface area contributed by atoms with Crippen molar-refractivity contribution in [3.8, 4) is 5.75 Å². The van der Waals surface area contributed by atoms with Crippen LogP contribution in [-0.4, -0.2) is 7.11 Å². The van der Waals surface area contributed by atoms with Crippen LogP contribution in [0, 0.1) is 17.5 Å². The SMILES string of the molecule is COc1cccc(Nc2c(F)cc(F)cc2F)c1N. The standard InChI is InChI=1S/C13H11F3N2O/c1-19-11-4-2-3-10(12(11)17)18-13-8(15)5-7(14)6-9(13)16/h2-6,18H,17H2,1H3. The molecule has 0 aromatic heterocycles. The summed E-state index contributed by atoms with van der Waals surface area (Å²) in [6.45, 7) is 0. The van der Waals surface area contributed by atoms with Crippen LogP contribution in [-0.2, 0) is 0 Å². The Morgan fingerprint density at radius 1 is 1.11 bits per heavy atom. The normalized spacial score (nSPS) is 10.3. The first kappa shape index (κ1) is 13.1. The number of nitrogens with one attached hydrogen (secondary N) is 1. The minimum Gasteiger partial charge on any atom is -0.495 e. The number of ether oxygens (including phenoxy) is 1. The molecule has 0 aliphatic carbocycles. The predicted molar refractivity (Wildman–Crippen MR) is 67.0 cm³/mol. The number of methoxy groups -OCH3 is 1. The van der Waals surface area contributed by atoms with Gasteiger partial charge in [-0.3, -0.25) is 0 Å². The quantitative estimate of drug-likeness (QED) is 0.838. The van der Waals surface area contributed by atoms with E-state index in [1.165, 1.54) is 13.2 Å². The van der Waals surface area contributed by atoms with Crippen molar-refractivity contribution in [2.75, 3.05) is 18.2 Å². The van der Waals surface area contributed by atoms with Crippen molar-refractivity contribution in [3.05, 3.63) is 47.8 Å². The van der Waals surface area contributed by atoms with E-state index in [0.717, 1.165) is 0 Å². The van der Waals surface area contributed by atoms with Gasteiger partial charge in [0.2, 0.25) is 0 Å². The Bertz CT molecular complexity index is 594. The van der Waals surface area contributed by atoms with Gasteiger partial charge in [0.05, 0.1) is 18.5 Å². The number of benzene rings is 2. The average molecular weight is 268 g/mol. The minimum atomic E-state index is -1.04. The van der Waals surface area contributed by atoms with Crippen LogP contribution >= 0.6 is 0 Å². The highest BCUT2D eigenvalue weighted by atomic mass is 19.1. The Morgan fingerprint density at radius 3 is 2.32 bits per heavy atom. The fourth-order valence-electron chi connectivity index (χ4n) is 1.63. The van der Waals surface area contributed by atoms with Crippen LogP contribution in [0.5, 0.6) is 5.75 Å². The topological polar surface area (TPSA) is 47.3 Å². The van der Waals surface area contributed by atoms with E-state index in [1.54, 1.807) is 12.1 Å². The third-order valence-corrected chi connectivity index (χ3v) is 2.55. The van der Waals surface area contributed by atoms with E-state index in [4.69, 9.17) is 10.5 Å². The minimum absolute atomic E-state index is 0.202. The maximum atomic E-state index is 13.5. The second kappa shape index (κ2) is 5.09. The van der Waals surface area contributed by atoms with E-state index < -0.39 is 23.1 Å². The van der Waals surface area contributed by atoms with Crippen LogP contribution in [0.25, 0.3) is 0 Å². The zero-order valence-electron chi connectivity index (χ0n) is 10.0. The molecule has 0 heterocycles. The van der Waals surface area contributed by atoms with Gasteiger partial charge < -0.3 is 15.8 Å². The molecule has 2 aromatic rings.